The van der Waals surface area contributed by atoms with Gasteiger partial charge in [-0.2, -0.15) is 0 Å². The monoisotopic (exact) mass is 283 g/mol. The van der Waals surface area contributed by atoms with E-state index in [0.29, 0.717) is 11.3 Å². The van der Waals surface area contributed by atoms with E-state index in [1.165, 1.54) is 0 Å². The molecule has 1 atom stereocenters. The van der Waals surface area contributed by atoms with Crippen LogP contribution in [0.25, 0.3) is 0 Å². The van der Waals surface area contributed by atoms with Crippen LogP contribution in [0.4, 0.5) is 5.69 Å². The molecule has 0 spiro atoms. The number of nitrogens with zero attached hydrogens (tertiary/aromatic N) is 1. The molecule has 2 rings (SSSR count). The smallest absolute Gasteiger partial charge is 0.251 e. The van der Waals surface area contributed by atoms with Crippen LogP contribution < -0.4 is 10.6 Å². The third-order valence-electron chi connectivity index (χ3n) is 2.85. The van der Waals surface area contributed by atoms with Crippen LogP contribution in [0, 0.1) is 0 Å². The average Bonchev–Trinajstić information content (AvgIpc) is 2.48. The summed E-state index contributed by atoms with van der Waals surface area (Å²) < 4.78 is 0. The summed E-state index contributed by atoms with van der Waals surface area (Å²) in [4.78, 5) is 27.7. The van der Waals surface area contributed by atoms with Crippen LogP contribution in [-0.4, -0.2) is 22.8 Å². The van der Waals surface area contributed by atoms with Gasteiger partial charge in [0, 0.05) is 24.2 Å². The Morgan fingerprint density at radius 2 is 1.90 bits per heavy atom. The topological polar surface area (TPSA) is 71.1 Å². The van der Waals surface area contributed by atoms with Crippen molar-refractivity contribution in [3.05, 3.63) is 60.4 Å². The van der Waals surface area contributed by atoms with E-state index < -0.39 is 0 Å². The molecule has 0 aliphatic carbocycles. The minimum absolute atomic E-state index is 0.163. The minimum atomic E-state index is -0.255. The Balaban J connectivity index is 1.83. The van der Waals surface area contributed by atoms with Crippen LogP contribution in [0.2, 0.25) is 0 Å². The molecule has 1 heterocycles. The SMILES string of the molecule is C[C@@H](CC(=O)Nc1cccnc1)NC(=O)c1ccccc1. The van der Waals surface area contributed by atoms with Gasteiger partial charge in [-0.05, 0) is 31.2 Å². The summed E-state index contributed by atoms with van der Waals surface area (Å²) in [5.74, 6) is -0.346. The number of carbonyl (C=O) groups excluding carboxylic acids is 2. The first-order valence-corrected chi connectivity index (χ1v) is 6.71. The van der Waals surface area contributed by atoms with Gasteiger partial charge >= 0.3 is 0 Å². The summed E-state index contributed by atoms with van der Waals surface area (Å²) in [6.07, 6.45) is 3.41. The maximum Gasteiger partial charge on any atom is 0.251 e. The molecule has 0 aliphatic rings. The summed E-state index contributed by atoms with van der Waals surface area (Å²) in [7, 11) is 0. The lowest BCUT2D eigenvalue weighted by molar-refractivity contribution is -0.116. The summed E-state index contributed by atoms with van der Waals surface area (Å²) in [6, 6.07) is 12.2. The highest BCUT2D eigenvalue weighted by atomic mass is 16.2. The predicted octanol–water partition coefficient (Wildman–Crippen LogP) is 2.23. The van der Waals surface area contributed by atoms with Gasteiger partial charge in [-0.15, -0.1) is 0 Å². The molecule has 0 radical (unpaired) electrons. The zero-order chi connectivity index (χ0) is 15.1. The Bertz CT molecular complexity index is 599. The number of hydrogen-bond donors (Lipinski definition) is 2. The molecular formula is C16H17N3O2. The highest BCUT2D eigenvalue weighted by molar-refractivity contribution is 5.95. The van der Waals surface area contributed by atoms with Crippen LogP contribution in [0.15, 0.2) is 54.9 Å². The Hall–Kier alpha value is -2.69. The van der Waals surface area contributed by atoms with E-state index >= 15 is 0 Å². The number of hydrogen-bond acceptors (Lipinski definition) is 3. The quantitative estimate of drug-likeness (QED) is 0.884. The fourth-order valence-electron chi connectivity index (χ4n) is 1.87. The van der Waals surface area contributed by atoms with Gasteiger partial charge < -0.3 is 10.6 Å². The molecule has 5 nitrogen and oxygen atoms in total. The molecule has 0 saturated carbocycles. The van der Waals surface area contributed by atoms with Crippen LogP contribution >= 0.6 is 0 Å². The number of carbonyl (C=O) groups is 2. The Morgan fingerprint density at radius 3 is 2.57 bits per heavy atom. The third kappa shape index (κ3) is 4.72. The van der Waals surface area contributed by atoms with Crippen LogP contribution in [0.1, 0.15) is 23.7 Å². The molecule has 21 heavy (non-hydrogen) atoms. The number of aromatic nitrogens is 1. The predicted molar refractivity (Wildman–Crippen MR) is 80.9 cm³/mol. The molecule has 5 heteroatoms. The number of benzene rings is 1. The van der Waals surface area contributed by atoms with E-state index in [4.69, 9.17) is 0 Å². The van der Waals surface area contributed by atoms with Gasteiger partial charge in [0.25, 0.3) is 5.91 Å². The van der Waals surface area contributed by atoms with Gasteiger partial charge in [0.1, 0.15) is 0 Å². The highest BCUT2D eigenvalue weighted by Crippen LogP contribution is 2.05. The van der Waals surface area contributed by atoms with E-state index in [9.17, 15) is 9.59 Å². The number of amides is 2. The lowest BCUT2D eigenvalue weighted by Gasteiger charge is -2.13. The number of anilines is 1. The summed E-state index contributed by atoms with van der Waals surface area (Å²) in [5, 5.41) is 5.53. The zero-order valence-electron chi connectivity index (χ0n) is 11.7. The highest BCUT2D eigenvalue weighted by Gasteiger charge is 2.13. The van der Waals surface area contributed by atoms with Crippen molar-refractivity contribution in [2.75, 3.05) is 5.32 Å². The molecule has 0 saturated heterocycles. The molecule has 1 aromatic carbocycles. The molecular weight excluding hydrogens is 266 g/mol. The molecule has 0 bridgehead atoms. The maximum absolute atomic E-state index is 11.9. The lowest BCUT2D eigenvalue weighted by Crippen LogP contribution is -2.35. The minimum Gasteiger partial charge on any atom is -0.349 e. The second-order valence-corrected chi connectivity index (χ2v) is 4.73. The van der Waals surface area contributed by atoms with Crippen LogP contribution in [-0.2, 0) is 4.79 Å². The summed E-state index contributed by atoms with van der Waals surface area (Å²) >= 11 is 0. The van der Waals surface area contributed by atoms with Gasteiger partial charge in [-0.25, -0.2) is 0 Å². The van der Waals surface area contributed by atoms with Crippen molar-refractivity contribution in [3.63, 3.8) is 0 Å². The van der Waals surface area contributed by atoms with E-state index in [0.717, 1.165) is 0 Å². The van der Waals surface area contributed by atoms with Crippen molar-refractivity contribution in [2.24, 2.45) is 0 Å². The van der Waals surface area contributed by atoms with Gasteiger partial charge in [0.2, 0.25) is 5.91 Å². The van der Waals surface area contributed by atoms with E-state index in [1.807, 2.05) is 6.07 Å². The first-order chi connectivity index (χ1) is 10.1. The Labute approximate surface area is 123 Å². The molecule has 2 amide bonds. The number of rotatable bonds is 5. The molecule has 0 aliphatic heterocycles. The summed E-state index contributed by atoms with van der Waals surface area (Å²) in [6.45, 7) is 1.80. The second-order valence-electron chi connectivity index (χ2n) is 4.73. The second kappa shape index (κ2) is 7.19. The van der Waals surface area contributed by atoms with Crippen molar-refractivity contribution >= 4 is 17.5 Å². The first-order valence-electron chi connectivity index (χ1n) is 6.71. The summed E-state index contributed by atoms with van der Waals surface area (Å²) in [5.41, 5.74) is 1.22. The number of nitrogens with one attached hydrogen (secondary N) is 2. The lowest BCUT2D eigenvalue weighted by atomic mass is 10.1. The van der Waals surface area contributed by atoms with Crippen LogP contribution in [0.3, 0.4) is 0 Å². The molecule has 2 aromatic rings. The molecule has 0 fully saturated rings. The average molecular weight is 283 g/mol. The third-order valence-corrected chi connectivity index (χ3v) is 2.85. The fraction of sp³-hybridized carbons (Fsp3) is 0.188. The van der Waals surface area contributed by atoms with Gasteiger partial charge in [0.05, 0.1) is 11.9 Å². The fourth-order valence-corrected chi connectivity index (χ4v) is 1.87. The van der Waals surface area contributed by atoms with Crippen LogP contribution in [0.5, 0.6) is 0 Å². The van der Waals surface area contributed by atoms with Gasteiger partial charge in [-0.3, -0.25) is 14.6 Å². The van der Waals surface area contributed by atoms with Crippen molar-refractivity contribution in [3.8, 4) is 0 Å². The van der Waals surface area contributed by atoms with E-state index in [1.54, 1.807) is 55.7 Å². The standard InChI is InChI=1S/C16H17N3O2/c1-12(18-16(21)13-6-3-2-4-7-13)10-15(20)19-14-8-5-9-17-11-14/h2-9,11-12H,10H2,1H3,(H,18,21)(H,19,20)/t12-/m0/s1. The van der Waals surface area contributed by atoms with Crippen molar-refractivity contribution in [1.29, 1.82) is 0 Å². The van der Waals surface area contributed by atoms with E-state index in [2.05, 4.69) is 15.6 Å². The normalized spacial score (nSPS) is 11.5. The van der Waals surface area contributed by atoms with E-state index in [-0.39, 0.29) is 24.3 Å². The van der Waals surface area contributed by atoms with Gasteiger partial charge in [-0.1, -0.05) is 18.2 Å². The molecule has 2 N–H and O–H groups in total. The molecule has 0 unspecified atom stereocenters. The maximum atomic E-state index is 11.9. The van der Waals surface area contributed by atoms with Crippen molar-refractivity contribution in [1.82, 2.24) is 10.3 Å². The number of pyridine rings is 1. The first kappa shape index (κ1) is 14.7. The Morgan fingerprint density at radius 1 is 1.14 bits per heavy atom. The molecule has 1 aromatic heterocycles. The molecule has 108 valence electrons. The van der Waals surface area contributed by atoms with Crippen molar-refractivity contribution in [2.45, 2.75) is 19.4 Å². The van der Waals surface area contributed by atoms with Crippen molar-refractivity contribution < 1.29 is 9.59 Å². The largest absolute Gasteiger partial charge is 0.349 e. The van der Waals surface area contributed by atoms with Gasteiger partial charge in [0.15, 0.2) is 0 Å². The Kier molecular flexibility index (Phi) is 5.04. The zero-order valence-corrected chi connectivity index (χ0v) is 11.7.